The van der Waals surface area contributed by atoms with Gasteiger partial charge in [0.1, 0.15) is 5.82 Å². The van der Waals surface area contributed by atoms with E-state index in [1.807, 2.05) is 12.1 Å². The molecular formula is C19H27FN6. The lowest BCUT2D eigenvalue weighted by atomic mass is 10.1. The van der Waals surface area contributed by atoms with Gasteiger partial charge in [-0.05, 0) is 54.0 Å². The topological polar surface area (TPSA) is 50.1 Å². The fourth-order valence-corrected chi connectivity index (χ4v) is 4.38. The third-order valence-corrected chi connectivity index (χ3v) is 5.82. The Morgan fingerprint density at radius 3 is 2.42 bits per heavy atom. The molecular weight excluding hydrogens is 331 g/mol. The minimum atomic E-state index is -0.183. The van der Waals surface area contributed by atoms with Crippen LogP contribution >= 0.6 is 0 Å². The second kappa shape index (κ2) is 7.70. The van der Waals surface area contributed by atoms with Gasteiger partial charge in [-0.25, -0.2) is 9.07 Å². The molecule has 1 atom stereocenters. The van der Waals surface area contributed by atoms with Crippen molar-refractivity contribution in [2.75, 3.05) is 31.1 Å². The molecule has 2 heterocycles. The van der Waals surface area contributed by atoms with Gasteiger partial charge in [-0.15, -0.1) is 5.10 Å². The lowest BCUT2D eigenvalue weighted by Crippen LogP contribution is -2.48. The normalized spacial score (nSPS) is 20.6. The number of nitrogens with zero attached hydrogens (tertiary/aromatic N) is 6. The van der Waals surface area contributed by atoms with Gasteiger partial charge < -0.3 is 4.90 Å². The van der Waals surface area contributed by atoms with Gasteiger partial charge >= 0.3 is 0 Å². The Morgan fingerprint density at radius 1 is 1.08 bits per heavy atom. The van der Waals surface area contributed by atoms with Crippen molar-refractivity contribution < 1.29 is 4.39 Å². The summed E-state index contributed by atoms with van der Waals surface area (Å²) in [5.41, 5.74) is 1.09. The number of aromatic nitrogens is 4. The zero-order valence-corrected chi connectivity index (χ0v) is 15.4. The first kappa shape index (κ1) is 17.4. The van der Waals surface area contributed by atoms with Crippen LogP contribution in [0.15, 0.2) is 24.3 Å². The first-order chi connectivity index (χ1) is 12.8. The molecule has 0 bridgehead atoms. The summed E-state index contributed by atoms with van der Waals surface area (Å²) in [5.74, 6) is 0.840. The number of hydrogen-bond donors (Lipinski definition) is 0. The average Bonchev–Trinajstić information content (AvgIpc) is 3.35. The Hall–Kier alpha value is -2.02. The van der Waals surface area contributed by atoms with Gasteiger partial charge in [0.15, 0.2) is 5.82 Å². The maximum Gasteiger partial charge on any atom is 0.168 e. The largest absolute Gasteiger partial charge is 0.369 e. The van der Waals surface area contributed by atoms with Crippen LogP contribution in [0.25, 0.3) is 0 Å². The van der Waals surface area contributed by atoms with Crippen LogP contribution in [-0.4, -0.2) is 51.3 Å². The van der Waals surface area contributed by atoms with Crippen molar-refractivity contribution in [2.45, 2.75) is 51.1 Å². The number of piperazine rings is 1. The Labute approximate surface area is 154 Å². The lowest BCUT2D eigenvalue weighted by Gasteiger charge is -2.39. The highest BCUT2D eigenvalue weighted by Gasteiger charge is 2.30. The van der Waals surface area contributed by atoms with E-state index >= 15 is 0 Å². The zero-order valence-electron chi connectivity index (χ0n) is 15.4. The van der Waals surface area contributed by atoms with Gasteiger partial charge in [0.25, 0.3) is 0 Å². The molecule has 1 unspecified atom stereocenters. The number of rotatable bonds is 5. The smallest absolute Gasteiger partial charge is 0.168 e. The second-order valence-electron chi connectivity index (χ2n) is 7.34. The molecule has 1 aliphatic carbocycles. The Morgan fingerprint density at radius 2 is 1.77 bits per heavy atom. The highest BCUT2D eigenvalue weighted by atomic mass is 19.1. The number of benzene rings is 1. The van der Waals surface area contributed by atoms with Crippen LogP contribution < -0.4 is 4.90 Å². The van der Waals surface area contributed by atoms with E-state index in [0.717, 1.165) is 44.1 Å². The SMILES string of the molecule is CCC(c1nnnn1C1CCCC1)N1CCN(c2ccc(F)cc2)CC1. The van der Waals surface area contributed by atoms with Crippen LogP contribution in [0.4, 0.5) is 10.1 Å². The number of halogens is 1. The molecule has 2 fully saturated rings. The fourth-order valence-electron chi connectivity index (χ4n) is 4.38. The summed E-state index contributed by atoms with van der Waals surface area (Å²) in [4.78, 5) is 4.82. The summed E-state index contributed by atoms with van der Waals surface area (Å²) < 4.78 is 15.2. The van der Waals surface area contributed by atoms with E-state index in [4.69, 9.17) is 0 Å². The van der Waals surface area contributed by atoms with Crippen molar-refractivity contribution in [3.8, 4) is 0 Å². The lowest BCUT2D eigenvalue weighted by molar-refractivity contribution is 0.166. The number of hydrogen-bond acceptors (Lipinski definition) is 5. The molecule has 0 N–H and O–H groups in total. The highest BCUT2D eigenvalue weighted by molar-refractivity contribution is 5.46. The molecule has 1 saturated heterocycles. The van der Waals surface area contributed by atoms with Crippen molar-refractivity contribution >= 4 is 5.69 Å². The quantitative estimate of drug-likeness (QED) is 0.821. The van der Waals surface area contributed by atoms with Gasteiger partial charge in [0.05, 0.1) is 12.1 Å². The van der Waals surface area contributed by atoms with E-state index in [1.165, 1.54) is 37.8 Å². The molecule has 0 amide bonds. The Balaban J connectivity index is 1.44. The summed E-state index contributed by atoms with van der Waals surface area (Å²) in [7, 11) is 0. The van der Waals surface area contributed by atoms with Crippen LogP contribution in [0.5, 0.6) is 0 Å². The zero-order chi connectivity index (χ0) is 17.9. The third kappa shape index (κ3) is 3.45. The van der Waals surface area contributed by atoms with Gasteiger partial charge in [-0.3, -0.25) is 4.90 Å². The molecule has 1 aromatic heterocycles. The van der Waals surface area contributed by atoms with Gasteiger partial charge in [-0.1, -0.05) is 19.8 Å². The minimum absolute atomic E-state index is 0.183. The van der Waals surface area contributed by atoms with Gasteiger partial charge in [-0.2, -0.15) is 0 Å². The third-order valence-electron chi connectivity index (χ3n) is 5.82. The monoisotopic (exact) mass is 358 g/mol. The predicted octanol–water partition coefficient (Wildman–Crippen LogP) is 3.20. The number of tetrazole rings is 1. The van der Waals surface area contributed by atoms with Crippen molar-refractivity contribution in [1.29, 1.82) is 0 Å². The van der Waals surface area contributed by atoms with E-state index in [9.17, 15) is 4.39 Å². The molecule has 0 radical (unpaired) electrons. The van der Waals surface area contributed by atoms with E-state index in [2.05, 4.69) is 36.9 Å². The van der Waals surface area contributed by atoms with Crippen molar-refractivity contribution in [3.63, 3.8) is 0 Å². The first-order valence-corrected chi connectivity index (χ1v) is 9.78. The number of anilines is 1. The van der Waals surface area contributed by atoms with Crippen LogP contribution in [0.1, 0.15) is 56.9 Å². The molecule has 7 heteroatoms. The van der Waals surface area contributed by atoms with Gasteiger partial charge in [0, 0.05) is 31.9 Å². The van der Waals surface area contributed by atoms with Gasteiger partial charge in [0.2, 0.25) is 0 Å². The molecule has 1 aliphatic heterocycles. The fraction of sp³-hybridized carbons (Fsp3) is 0.632. The Kier molecular flexibility index (Phi) is 5.15. The molecule has 1 saturated carbocycles. The van der Waals surface area contributed by atoms with E-state index in [1.54, 1.807) is 0 Å². The standard InChI is InChI=1S/C19H27FN6/c1-2-18(19-21-22-23-26(19)17-5-3-4-6-17)25-13-11-24(12-14-25)16-9-7-15(20)8-10-16/h7-10,17-18H,2-6,11-14H2,1H3. The summed E-state index contributed by atoms with van der Waals surface area (Å²) in [6.45, 7) is 6.02. The van der Waals surface area contributed by atoms with Crippen LogP contribution in [0.2, 0.25) is 0 Å². The van der Waals surface area contributed by atoms with Crippen LogP contribution in [0, 0.1) is 5.82 Å². The maximum atomic E-state index is 13.1. The van der Waals surface area contributed by atoms with Crippen molar-refractivity contribution in [2.24, 2.45) is 0 Å². The molecule has 2 aliphatic rings. The molecule has 1 aromatic carbocycles. The summed E-state index contributed by atoms with van der Waals surface area (Å²) in [6, 6.07) is 7.53. The van der Waals surface area contributed by atoms with Crippen molar-refractivity contribution in [1.82, 2.24) is 25.1 Å². The molecule has 6 nitrogen and oxygen atoms in total. The second-order valence-corrected chi connectivity index (χ2v) is 7.34. The molecule has 2 aromatic rings. The Bertz CT molecular complexity index is 701. The summed E-state index contributed by atoms with van der Waals surface area (Å²) in [5, 5.41) is 12.7. The molecule has 0 spiro atoms. The van der Waals surface area contributed by atoms with Crippen molar-refractivity contribution in [3.05, 3.63) is 35.9 Å². The molecule has 26 heavy (non-hydrogen) atoms. The molecule has 4 rings (SSSR count). The predicted molar refractivity (Wildman–Crippen MR) is 98.5 cm³/mol. The van der Waals surface area contributed by atoms with Crippen LogP contribution in [-0.2, 0) is 0 Å². The minimum Gasteiger partial charge on any atom is -0.369 e. The first-order valence-electron chi connectivity index (χ1n) is 9.78. The van der Waals surface area contributed by atoms with E-state index < -0.39 is 0 Å². The highest BCUT2D eigenvalue weighted by Crippen LogP contribution is 2.33. The summed E-state index contributed by atoms with van der Waals surface area (Å²) in [6.07, 6.45) is 5.93. The summed E-state index contributed by atoms with van der Waals surface area (Å²) >= 11 is 0. The van der Waals surface area contributed by atoms with Crippen LogP contribution in [0.3, 0.4) is 0 Å². The molecule has 140 valence electrons. The van der Waals surface area contributed by atoms with E-state index in [-0.39, 0.29) is 11.9 Å². The van der Waals surface area contributed by atoms with E-state index in [0.29, 0.717) is 6.04 Å². The maximum absolute atomic E-state index is 13.1. The average molecular weight is 358 g/mol.